The molecule has 0 saturated heterocycles. The van der Waals surface area contributed by atoms with Crippen molar-refractivity contribution in [3.63, 3.8) is 0 Å². The maximum atomic E-state index is 14.3. The maximum Gasteiger partial charge on any atom is 0.335 e. The van der Waals surface area contributed by atoms with E-state index >= 15 is 0 Å². The molecular formula is C24H16F2N4O4S. The van der Waals surface area contributed by atoms with Crippen LogP contribution in [0, 0.1) is 11.6 Å². The van der Waals surface area contributed by atoms with Crippen molar-refractivity contribution in [3.8, 4) is 0 Å². The Hall–Kier alpha value is -4.25. The molecule has 2 aromatic carbocycles. The van der Waals surface area contributed by atoms with Crippen molar-refractivity contribution in [1.82, 2.24) is 14.5 Å². The normalized spacial score (nSPS) is 13.9. The van der Waals surface area contributed by atoms with Crippen LogP contribution in [0.25, 0.3) is 22.6 Å². The zero-order valence-corrected chi connectivity index (χ0v) is 19.0. The van der Waals surface area contributed by atoms with Gasteiger partial charge in [-0.05, 0) is 48.4 Å². The molecule has 11 heteroatoms. The van der Waals surface area contributed by atoms with Gasteiger partial charge < -0.3 is 5.11 Å². The summed E-state index contributed by atoms with van der Waals surface area (Å²) in [7, 11) is 0. The molecule has 2 aromatic heterocycles. The van der Waals surface area contributed by atoms with Gasteiger partial charge in [0.2, 0.25) is 5.91 Å². The first-order chi connectivity index (χ1) is 16.7. The highest BCUT2D eigenvalue weighted by Gasteiger charge is 2.24. The van der Waals surface area contributed by atoms with Gasteiger partial charge in [0.15, 0.2) is 5.13 Å². The van der Waals surface area contributed by atoms with E-state index in [0.29, 0.717) is 41.5 Å². The number of rotatable bonds is 4. The molecule has 0 fully saturated rings. The van der Waals surface area contributed by atoms with E-state index in [4.69, 9.17) is 0 Å². The Morgan fingerprint density at radius 3 is 2.69 bits per heavy atom. The molecule has 0 radical (unpaired) electrons. The van der Waals surface area contributed by atoms with Gasteiger partial charge in [-0.25, -0.2) is 23.5 Å². The average molecular weight is 494 g/mol. The Labute approximate surface area is 200 Å². The Kier molecular flexibility index (Phi) is 5.48. The van der Waals surface area contributed by atoms with Crippen LogP contribution in [0.15, 0.2) is 46.6 Å². The lowest BCUT2D eigenvalue weighted by molar-refractivity contribution is -0.115. The number of hydrogen-bond donors (Lipinski definition) is 1. The minimum Gasteiger partial charge on any atom is -0.478 e. The van der Waals surface area contributed by atoms with Crippen LogP contribution in [0.1, 0.15) is 35.2 Å². The van der Waals surface area contributed by atoms with Crippen molar-refractivity contribution in [3.05, 3.63) is 80.8 Å². The van der Waals surface area contributed by atoms with Crippen molar-refractivity contribution in [2.24, 2.45) is 0 Å². The molecule has 0 bridgehead atoms. The summed E-state index contributed by atoms with van der Waals surface area (Å²) in [6.45, 7) is 1.66. The molecule has 3 heterocycles. The molecule has 176 valence electrons. The van der Waals surface area contributed by atoms with Gasteiger partial charge in [0.1, 0.15) is 17.5 Å². The number of aromatic nitrogens is 3. The molecule has 0 saturated carbocycles. The number of hydrogen-bond acceptors (Lipinski definition) is 6. The molecule has 35 heavy (non-hydrogen) atoms. The Morgan fingerprint density at radius 2 is 1.97 bits per heavy atom. The number of anilines is 2. The SMILES string of the molecule is CC(=O)N(c1nc(/C=C2\CCn3c2nc2cc(C(=O)O)ccc2c3=O)cs1)c1ccc(F)cc1F. The van der Waals surface area contributed by atoms with Crippen LogP contribution in [-0.2, 0) is 11.3 Å². The second-order valence-electron chi connectivity index (χ2n) is 7.85. The molecule has 0 atom stereocenters. The molecular weight excluding hydrogens is 478 g/mol. The third-order valence-corrected chi connectivity index (χ3v) is 6.43. The van der Waals surface area contributed by atoms with Crippen LogP contribution in [0.2, 0.25) is 0 Å². The van der Waals surface area contributed by atoms with Crippen LogP contribution < -0.4 is 10.5 Å². The third kappa shape index (κ3) is 3.99. The van der Waals surface area contributed by atoms with Crippen molar-refractivity contribution < 1.29 is 23.5 Å². The number of carboxylic acid groups (broad SMARTS) is 1. The fourth-order valence-corrected chi connectivity index (χ4v) is 4.82. The number of nitrogens with zero attached hydrogens (tertiary/aromatic N) is 4. The van der Waals surface area contributed by atoms with Gasteiger partial charge in [0.25, 0.3) is 5.56 Å². The minimum atomic E-state index is -1.12. The smallest absolute Gasteiger partial charge is 0.335 e. The van der Waals surface area contributed by atoms with E-state index in [1.807, 2.05) is 0 Å². The quantitative estimate of drug-likeness (QED) is 0.449. The van der Waals surface area contributed by atoms with Crippen LogP contribution in [-0.4, -0.2) is 31.5 Å². The Bertz CT molecular complexity index is 1630. The lowest BCUT2D eigenvalue weighted by atomic mass is 10.1. The zero-order chi connectivity index (χ0) is 24.9. The van der Waals surface area contributed by atoms with E-state index in [9.17, 15) is 28.3 Å². The van der Waals surface area contributed by atoms with Crippen LogP contribution in [0.4, 0.5) is 19.6 Å². The van der Waals surface area contributed by atoms with E-state index in [0.717, 1.165) is 22.3 Å². The molecule has 0 unspecified atom stereocenters. The maximum absolute atomic E-state index is 14.3. The van der Waals surface area contributed by atoms with Crippen molar-refractivity contribution >= 4 is 56.6 Å². The second-order valence-corrected chi connectivity index (χ2v) is 8.69. The van der Waals surface area contributed by atoms with Gasteiger partial charge in [-0.2, -0.15) is 0 Å². The summed E-state index contributed by atoms with van der Waals surface area (Å²) in [6.07, 6.45) is 2.22. The van der Waals surface area contributed by atoms with Gasteiger partial charge in [0.05, 0.1) is 27.8 Å². The predicted octanol–water partition coefficient (Wildman–Crippen LogP) is 4.46. The number of halogens is 2. The highest BCUT2D eigenvalue weighted by atomic mass is 32.1. The van der Waals surface area contributed by atoms with Crippen LogP contribution in [0.5, 0.6) is 0 Å². The van der Waals surface area contributed by atoms with E-state index in [2.05, 4.69) is 9.97 Å². The van der Waals surface area contributed by atoms with Gasteiger partial charge in [-0.15, -0.1) is 11.3 Å². The summed E-state index contributed by atoms with van der Waals surface area (Å²) in [5.74, 6) is -2.86. The summed E-state index contributed by atoms with van der Waals surface area (Å²) in [5.41, 5.74) is 1.10. The lowest BCUT2D eigenvalue weighted by Crippen LogP contribution is -2.23. The zero-order valence-electron chi connectivity index (χ0n) is 18.2. The number of aromatic carboxylic acids is 1. The molecule has 8 nitrogen and oxygen atoms in total. The number of carbonyl (C=O) groups is 2. The summed E-state index contributed by atoms with van der Waals surface area (Å²) < 4.78 is 29.2. The highest BCUT2D eigenvalue weighted by molar-refractivity contribution is 7.14. The van der Waals surface area contributed by atoms with E-state index < -0.39 is 23.5 Å². The summed E-state index contributed by atoms with van der Waals surface area (Å²) in [5, 5.41) is 11.4. The molecule has 1 N–H and O–H groups in total. The van der Waals surface area contributed by atoms with Gasteiger partial charge in [-0.1, -0.05) is 0 Å². The first kappa shape index (κ1) is 22.5. The first-order valence-electron chi connectivity index (χ1n) is 10.4. The third-order valence-electron chi connectivity index (χ3n) is 5.58. The van der Waals surface area contributed by atoms with Gasteiger partial charge in [0, 0.05) is 24.9 Å². The molecule has 4 aromatic rings. The molecule has 1 amide bonds. The summed E-state index contributed by atoms with van der Waals surface area (Å²) >= 11 is 1.10. The molecule has 1 aliphatic rings. The summed E-state index contributed by atoms with van der Waals surface area (Å²) in [4.78, 5) is 46.5. The molecule has 0 spiro atoms. The molecule has 0 aliphatic carbocycles. The van der Waals surface area contributed by atoms with E-state index in [-0.39, 0.29) is 27.5 Å². The number of allylic oxidation sites excluding steroid dienone is 1. The van der Waals surface area contributed by atoms with Crippen LogP contribution >= 0.6 is 11.3 Å². The monoisotopic (exact) mass is 494 g/mol. The number of carbonyl (C=O) groups excluding carboxylic acids is 1. The second kappa shape index (κ2) is 8.51. The topological polar surface area (TPSA) is 105 Å². The number of benzene rings is 2. The Morgan fingerprint density at radius 1 is 1.17 bits per heavy atom. The van der Waals surface area contributed by atoms with Crippen molar-refractivity contribution in [2.45, 2.75) is 19.9 Å². The average Bonchev–Trinajstić information content (AvgIpc) is 3.43. The van der Waals surface area contributed by atoms with E-state index in [1.165, 1.54) is 35.8 Å². The Balaban J connectivity index is 1.54. The molecule has 1 aliphatic heterocycles. The minimum absolute atomic E-state index is 0.0272. The van der Waals surface area contributed by atoms with Crippen molar-refractivity contribution in [1.29, 1.82) is 0 Å². The molecule has 5 rings (SSSR count). The number of amides is 1. The van der Waals surface area contributed by atoms with E-state index in [1.54, 1.807) is 11.5 Å². The van der Waals surface area contributed by atoms with Gasteiger partial charge in [-0.3, -0.25) is 19.1 Å². The van der Waals surface area contributed by atoms with Crippen LogP contribution in [0.3, 0.4) is 0 Å². The fraction of sp³-hybridized carbons (Fsp3) is 0.125. The van der Waals surface area contributed by atoms with Gasteiger partial charge >= 0.3 is 5.97 Å². The highest BCUT2D eigenvalue weighted by Crippen LogP contribution is 2.33. The number of carboxylic acids is 1. The summed E-state index contributed by atoms with van der Waals surface area (Å²) in [6, 6.07) is 7.11. The predicted molar refractivity (Wildman–Crippen MR) is 127 cm³/mol. The fourth-order valence-electron chi connectivity index (χ4n) is 3.98. The largest absolute Gasteiger partial charge is 0.478 e. The lowest BCUT2D eigenvalue weighted by Gasteiger charge is -2.18. The standard InChI is InChI=1S/C24H16F2N4O4S/c1-12(31)30(20-5-3-15(25)10-18(20)26)24-27-16(11-35-24)8-13-6-7-29-21(13)28-19-9-14(23(33)34)2-4-17(19)22(29)32/h2-5,8-11H,6-7H2,1H3,(H,33,34)/b13-8+. The number of fused-ring (bicyclic) bond motifs is 2. The first-order valence-corrected chi connectivity index (χ1v) is 11.3. The van der Waals surface area contributed by atoms with Crippen molar-refractivity contribution in [2.75, 3.05) is 4.90 Å². The number of thiazole rings is 1.